The van der Waals surface area contributed by atoms with Crippen molar-refractivity contribution in [1.82, 2.24) is 15.1 Å². The van der Waals surface area contributed by atoms with Gasteiger partial charge in [0.1, 0.15) is 17.5 Å². The summed E-state index contributed by atoms with van der Waals surface area (Å²) in [5.74, 6) is 0.476. The molecular formula is C38H68N4O5. The lowest BCUT2D eigenvalue weighted by atomic mass is 9.79. The fraction of sp³-hybridized carbons (Fsp3) is 0.789. The second-order valence-corrected chi connectivity index (χ2v) is 14.9. The first-order chi connectivity index (χ1) is 22.0. The number of amides is 1. The Balaban J connectivity index is 2.33. The van der Waals surface area contributed by atoms with Crippen LogP contribution in [-0.2, 0) is 30.2 Å². The molecule has 9 nitrogen and oxygen atoms in total. The van der Waals surface area contributed by atoms with Crippen LogP contribution in [0.5, 0.6) is 0 Å². The molecule has 1 aromatic carbocycles. The van der Waals surface area contributed by atoms with Crippen molar-refractivity contribution in [3.8, 4) is 0 Å². The van der Waals surface area contributed by atoms with Crippen LogP contribution in [0, 0.1) is 29.6 Å². The quantitative estimate of drug-likeness (QED) is 0.144. The minimum atomic E-state index is -0.794. The molecule has 0 saturated carbocycles. The zero-order valence-electron chi connectivity index (χ0n) is 31.8. The molecule has 1 saturated heterocycles. The number of likely N-dealkylation sites (N-methyl/N-ethyl adjacent to an activating group) is 1. The Morgan fingerprint density at radius 2 is 1.64 bits per heavy atom. The summed E-state index contributed by atoms with van der Waals surface area (Å²) in [6.07, 6.45) is 4.35. The summed E-state index contributed by atoms with van der Waals surface area (Å²) in [4.78, 5) is 30.9. The molecule has 1 heterocycles. The van der Waals surface area contributed by atoms with E-state index in [0.29, 0.717) is 12.3 Å². The molecule has 2 rings (SSSR count). The van der Waals surface area contributed by atoms with Crippen molar-refractivity contribution in [1.29, 1.82) is 0 Å². The fourth-order valence-corrected chi connectivity index (χ4v) is 7.94. The van der Waals surface area contributed by atoms with Gasteiger partial charge < -0.3 is 24.8 Å². The molecule has 3 N–H and O–H groups in total. The van der Waals surface area contributed by atoms with E-state index in [-0.39, 0.29) is 47.6 Å². The van der Waals surface area contributed by atoms with Crippen molar-refractivity contribution in [2.24, 2.45) is 35.3 Å². The third-order valence-electron chi connectivity index (χ3n) is 11.6. The molecule has 270 valence electrons. The number of ether oxygens (including phenoxy) is 3. The van der Waals surface area contributed by atoms with E-state index < -0.39 is 23.5 Å². The number of carbonyl (C=O) groups excluding carboxylic acids is 2. The predicted molar refractivity (Wildman–Crippen MR) is 191 cm³/mol. The van der Waals surface area contributed by atoms with E-state index >= 15 is 0 Å². The van der Waals surface area contributed by atoms with Crippen molar-refractivity contribution in [3.63, 3.8) is 0 Å². The second kappa shape index (κ2) is 18.1. The molecule has 1 aliphatic rings. The molecule has 10 atom stereocenters. The van der Waals surface area contributed by atoms with Crippen LogP contribution in [0.3, 0.4) is 0 Å². The Labute approximate surface area is 286 Å². The van der Waals surface area contributed by atoms with Crippen molar-refractivity contribution >= 4 is 11.9 Å². The van der Waals surface area contributed by atoms with Gasteiger partial charge in [-0.3, -0.25) is 19.8 Å². The zero-order valence-corrected chi connectivity index (χ0v) is 31.8. The highest BCUT2D eigenvalue weighted by molar-refractivity contribution is 5.82. The molecule has 0 bridgehead atoms. The summed E-state index contributed by atoms with van der Waals surface area (Å²) in [6.45, 7) is 20.3. The topological polar surface area (TPSA) is 106 Å². The summed E-state index contributed by atoms with van der Waals surface area (Å²) in [5, 5.41) is 3.56. The summed E-state index contributed by atoms with van der Waals surface area (Å²) in [5.41, 5.74) is 6.07. The van der Waals surface area contributed by atoms with Crippen molar-refractivity contribution in [2.75, 3.05) is 34.9 Å². The van der Waals surface area contributed by atoms with Crippen molar-refractivity contribution < 1.29 is 23.8 Å². The number of likely N-dealkylation sites (tertiary alicyclic amines) is 1. The molecule has 0 aromatic heterocycles. The number of carbonyl (C=O) groups is 2. The van der Waals surface area contributed by atoms with Gasteiger partial charge in [-0.25, -0.2) is 0 Å². The summed E-state index contributed by atoms with van der Waals surface area (Å²) in [6, 6.07) is 9.16. The zero-order chi connectivity index (χ0) is 35.7. The van der Waals surface area contributed by atoms with Gasteiger partial charge in [-0.05, 0) is 68.8 Å². The largest absolute Gasteiger partial charge is 0.468 e. The number of nitrogens with one attached hydrogen (secondary N) is 1. The fourth-order valence-electron chi connectivity index (χ4n) is 7.94. The first-order valence-electron chi connectivity index (χ1n) is 17.8. The van der Waals surface area contributed by atoms with Gasteiger partial charge in [-0.1, -0.05) is 85.2 Å². The molecule has 0 spiro atoms. The monoisotopic (exact) mass is 661 g/mol. The maximum absolute atomic E-state index is 13.4. The number of rotatable bonds is 19. The van der Waals surface area contributed by atoms with Crippen molar-refractivity contribution in [2.45, 2.75) is 130 Å². The van der Waals surface area contributed by atoms with Gasteiger partial charge in [-0.2, -0.15) is 0 Å². The molecule has 1 amide bonds. The van der Waals surface area contributed by atoms with Crippen LogP contribution in [0.15, 0.2) is 30.3 Å². The van der Waals surface area contributed by atoms with Crippen LogP contribution in [0.25, 0.3) is 0 Å². The van der Waals surface area contributed by atoms with E-state index in [9.17, 15) is 9.59 Å². The van der Waals surface area contributed by atoms with Gasteiger partial charge in [0.2, 0.25) is 5.91 Å². The lowest BCUT2D eigenvalue weighted by Gasteiger charge is -2.49. The number of hydrogen-bond donors (Lipinski definition) is 2. The smallest absolute Gasteiger partial charge is 0.323 e. The van der Waals surface area contributed by atoms with Crippen molar-refractivity contribution in [3.05, 3.63) is 35.9 Å². The van der Waals surface area contributed by atoms with Gasteiger partial charge in [0.05, 0.1) is 13.2 Å². The van der Waals surface area contributed by atoms with Gasteiger partial charge >= 0.3 is 5.97 Å². The van der Waals surface area contributed by atoms with Gasteiger partial charge in [0, 0.05) is 45.8 Å². The Hall–Kier alpha value is -2.04. The van der Waals surface area contributed by atoms with Crippen LogP contribution in [0.4, 0.5) is 0 Å². The molecule has 47 heavy (non-hydrogen) atoms. The Morgan fingerprint density at radius 1 is 1.02 bits per heavy atom. The lowest BCUT2D eigenvalue weighted by Crippen LogP contribution is -2.61. The molecular weight excluding hydrogens is 592 g/mol. The first-order valence-corrected chi connectivity index (χ1v) is 17.8. The number of esters is 1. The highest BCUT2D eigenvalue weighted by atomic mass is 16.5. The molecule has 3 unspecified atom stereocenters. The van der Waals surface area contributed by atoms with Crippen LogP contribution >= 0.6 is 0 Å². The normalized spacial score (nSPS) is 22.7. The van der Waals surface area contributed by atoms with Crippen LogP contribution in [-0.4, -0.2) is 92.2 Å². The Morgan fingerprint density at radius 3 is 2.15 bits per heavy atom. The van der Waals surface area contributed by atoms with Crippen LogP contribution in [0.1, 0.15) is 93.6 Å². The standard InChI is InChI=1S/C38H68N4O5/c1-14-26(4)34(41(10)35(43)33(39)25(2)3)27(5)24-37(8,46-12)42-22-18-21-32(42)28(6)29(7)38(9,47-13)40-31(36(44)45-11)23-30-19-16-15-17-20-30/h15-17,19-20,25-29,31-34,40H,14,18,21-24,39H2,1-13H3/t26-,27?,28+,29+,31-,32-,33-,34-,37?,38?/m0/s1. The van der Waals surface area contributed by atoms with E-state index in [1.54, 1.807) is 7.11 Å². The van der Waals surface area contributed by atoms with E-state index in [2.05, 4.69) is 51.8 Å². The molecule has 0 aliphatic carbocycles. The minimum absolute atomic E-state index is 0.00152. The highest BCUT2D eigenvalue weighted by Gasteiger charge is 2.48. The van der Waals surface area contributed by atoms with Gasteiger partial charge in [0.25, 0.3) is 0 Å². The number of nitrogens with two attached hydrogens (primary N) is 1. The van der Waals surface area contributed by atoms with E-state index in [1.165, 1.54) is 7.11 Å². The number of nitrogens with zero attached hydrogens (tertiary/aromatic N) is 2. The number of hydrogen-bond acceptors (Lipinski definition) is 8. The Bertz CT molecular complexity index is 1100. The maximum atomic E-state index is 13.4. The molecule has 9 heteroatoms. The van der Waals surface area contributed by atoms with E-state index in [0.717, 1.165) is 37.8 Å². The highest BCUT2D eigenvalue weighted by Crippen LogP contribution is 2.41. The van der Waals surface area contributed by atoms with Gasteiger partial charge in [-0.15, -0.1) is 0 Å². The molecule has 1 aliphatic heterocycles. The second-order valence-electron chi connectivity index (χ2n) is 14.9. The summed E-state index contributed by atoms with van der Waals surface area (Å²) in [7, 11) is 6.86. The van der Waals surface area contributed by atoms with Crippen LogP contribution in [0.2, 0.25) is 0 Å². The average molecular weight is 661 g/mol. The third kappa shape index (κ3) is 10.0. The average Bonchev–Trinajstić information content (AvgIpc) is 3.57. The first kappa shape index (κ1) is 41.1. The Kier molecular flexibility index (Phi) is 15.8. The molecule has 1 aromatic rings. The SMILES string of the molecule is CC[C@H](C)[C@@H](C(C)CC(C)(OC)N1CCC[C@H]1[C@H](C)[C@@H](C)C(C)(N[C@@H](Cc1ccccc1)C(=O)OC)OC)N(C)C(=O)[C@@H](N)C(C)C. The number of methoxy groups -OCH3 is 3. The minimum Gasteiger partial charge on any atom is -0.468 e. The third-order valence-corrected chi connectivity index (χ3v) is 11.6. The summed E-state index contributed by atoms with van der Waals surface area (Å²) < 4.78 is 17.8. The van der Waals surface area contributed by atoms with E-state index in [4.69, 9.17) is 19.9 Å². The number of benzene rings is 1. The predicted octanol–water partition coefficient (Wildman–Crippen LogP) is 5.70. The lowest BCUT2D eigenvalue weighted by molar-refractivity contribution is -0.167. The maximum Gasteiger partial charge on any atom is 0.323 e. The van der Waals surface area contributed by atoms with Gasteiger partial charge in [0.15, 0.2) is 0 Å². The molecule has 1 fully saturated rings. The summed E-state index contributed by atoms with van der Waals surface area (Å²) >= 11 is 0. The van der Waals surface area contributed by atoms with E-state index in [1.807, 2.05) is 70.2 Å². The van der Waals surface area contributed by atoms with Crippen LogP contribution < -0.4 is 11.1 Å². The molecule has 0 radical (unpaired) electrons.